The van der Waals surface area contributed by atoms with Crippen molar-refractivity contribution < 1.29 is 0 Å². The molecule has 1 unspecified atom stereocenters. The lowest BCUT2D eigenvalue weighted by molar-refractivity contribution is 0.476. The van der Waals surface area contributed by atoms with E-state index in [1.165, 1.54) is 17.5 Å². The average molecular weight is 254 g/mol. The predicted molar refractivity (Wildman–Crippen MR) is 77.2 cm³/mol. The summed E-state index contributed by atoms with van der Waals surface area (Å²) in [5.74, 6) is 0.421. The van der Waals surface area contributed by atoms with Gasteiger partial charge >= 0.3 is 0 Å². The number of anilines is 1. The molecule has 19 heavy (non-hydrogen) atoms. The van der Waals surface area contributed by atoms with Crippen LogP contribution in [0.2, 0.25) is 0 Å². The van der Waals surface area contributed by atoms with E-state index in [0.717, 1.165) is 19.4 Å². The standard InChI is InChI=1S/C16H18N2O/c17-15-9-4-10-18(16(15)19)11-13-7-3-6-12-5-1-2-8-14(12)13/h1-2,4-5,8-10,13H,3,6-7,11,17H2. The first-order valence-corrected chi connectivity index (χ1v) is 6.78. The summed E-state index contributed by atoms with van der Waals surface area (Å²) in [5, 5.41) is 0. The Morgan fingerprint density at radius 1 is 1.21 bits per heavy atom. The molecule has 98 valence electrons. The maximum Gasteiger partial charge on any atom is 0.273 e. The number of aryl methyl sites for hydroxylation is 1. The van der Waals surface area contributed by atoms with Gasteiger partial charge in [-0.2, -0.15) is 0 Å². The van der Waals surface area contributed by atoms with Crippen LogP contribution in [-0.4, -0.2) is 4.57 Å². The zero-order valence-corrected chi connectivity index (χ0v) is 10.9. The zero-order chi connectivity index (χ0) is 13.2. The van der Waals surface area contributed by atoms with Crippen LogP contribution in [-0.2, 0) is 13.0 Å². The predicted octanol–water partition coefficient (Wildman–Crippen LogP) is 2.55. The summed E-state index contributed by atoms with van der Waals surface area (Å²) in [6, 6.07) is 12.1. The average Bonchev–Trinajstić information content (AvgIpc) is 2.44. The van der Waals surface area contributed by atoms with Crippen LogP contribution in [0.15, 0.2) is 47.4 Å². The van der Waals surface area contributed by atoms with Gasteiger partial charge in [0, 0.05) is 18.7 Å². The van der Waals surface area contributed by atoms with Crippen molar-refractivity contribution in [1.29, 1.82) is 0 Å². The first-order chi connectivity index (χ1) is 9.25. The summed E-state index contributed by atoms with van der Waals surface area (Å²) in [6.07, 6.45) is 5.31. The molecule has 0 amide bonds. The van der Waals surface area contributed by atoms with E-state index in [0.29, 0.717) is 11.6 Å². The van der Waals surface area contributed by atoms with Crippen LogP contribution in [0.5, 0.6) is 0 Å². The summed E-state index contributed by atoms with van der Waals surface area (Å²) in [6.45, 7) is 0.723. The number of aromatic nitrogens is 1. The fourth-order valence-corrected chi connectivity index (χ4v) is 2.98. The summed E-state index contributed by atoms with van der Waals surface area (Å²) >= 11 is 0. The van der Waals surface area contributed by atoms with E-state index in [1.54, 1.807) is 10.6 Å². The summed E-state index contributed by atoms with van der Waals surface area (Å²) in [4.78, 5) is 12.0. The van der Waals surface area contributed by atoms with E-state index in [4.69, 9.17) is 5.73 Å². The Morgan fingerprint density at radius 3 is 2.95 bits per heavy atom. The van der Waals surface area contributed by atoms with E-state index in [-0.39, 0.29) is 5.56 Å². The van der Waals surface area contributed by atoms with Crippen molar-refractivity contribution in [2.75, 3.05) is 5.73 Å². The Kier molecular flexibility index (Phi) is 3.11. The molecule has 0 saturated heterocycles. The van der Waals surface area contributed by atoms with Gasteiger partial charge in [0.15, 0.2) is 0 Å². The first kappa shape index (κ1) is 12.0. The van der Waals surface area contributed by atoms with Gasteiger partial charge in [-0.1, -0.05) is 24.3 Å². The molecule has 0 aliphatic heterocycles. The minimum Gasteiger partial charge on any atom is -0.394 e. The molecule has 1 aliphatic rings. The molecule has 1 aromatic heterocycles. The number of nitrogen functional groups attached to an aromatic ring is 1. The Hall–Kier alpha value is -2.03. The highest BCUT2D eigenvalue weighted by Crippen LogP contribution is 2.32. The molecule has 3 heteroatoms. The van der Waals surface area contributed by atoms with Gasteiger partial charge in [0.2, 0.25) is 0 Å². The highest BCUT2D eigenvalue weighted by molar-refractivity contribution is 5.35. The Bertz CT molecular complexity index is 645. The number of nitrogens with zero attached hydrogens (tertiary/aromatic N) is 1. The molecule has 0 fully saturated rings. The van der Waals surface area contributed by atoms with Crippen LogP contribution >= 0.6 is 0 Å². The van der Waals surface area contributed by atoms with Gasteiger partial charge in [-0.25, -0.2) is 0 Å². The summed E-state index contributed by atoms with van der Waals surface area (Å²) < 4.78 is 1.74. The monoisotopic (exact) mass is 254 g/mol. The largest absolute Gasteiger partial charge is 0.394 e. The smallest absolute Gasteiger partial charge is 0.273 e. The van der Waals surface area contributed by atoms with Gasteiger partial charge in [0.25, 0.3) is 5.56 Å². The number of pyridine rings is 1. The zero-order valence-electron chi connectivity index (χ0n) is 10.9. The third-order valence-electron chi connectivity index (χ3n) is 3.96. The second-order valence-corrected chi connectivity index (χ2v) is 5.21. The van der Waals surface area contributed by atoms with Crippen molar-refractivity contribution in [1.82, 2.24) is 4.57 Å². The van der Waals surface area contributed by atoms with E-state index < -0.39 is 0 Å². The molecule has 0 spiro atoms. The molecule has 3 nitrogen and oxygen atoms in total. The minimum atomic E-state index is -0.0782. The molecule has 2 N–H and O–H groups in total. The molecule has 3 rings (SSSR count). The van der Waals surface area contributed by atoms with Crippen molar-refractivity contribution in [2.45, 2.75) is 31.7 Å². The van der Waals surface area contributed by atoms with Crippen LogP contribution in [0, 0.1) is 0 Å². The molecule has 0 radical (unpaired) electrons. The molecule has 0 bridgehead atoms. The molecule has 1 aromatic carbocycles. The van der Waals surface area contributed by atoms with E-state index >= 15 is 0 Å². The lowest BCUT2D eigenvalue weighted by Crippen LogP contribution is -2.26. The van der Waals surface area contributed by atoms with Gasteiger partial charge in [0.05, 0.1) is 5.69 Å². The normalized spacial score (nSPS) is 18.0. The van der Waals surface area contributed by atoms with Crippen molar-refractivity contribution in [3.8, 4) is 0 Å². The fraction of sp³-hybridized carbons (Fsp3) is 0.312. The molecule has 1 heterocycles. The molecule has 1 aliphatic carbocycles. The van der Waals surface area contributed by atoms with Gasteiger partial charge in [-0.15, -0.1) is 0 Å². The van der Waals surface area contributed by atoms with Crippen LogP contribution in [0.1, 0.15) is 29.9 Å². The van der Waals surface area contributed by atoms with E-state index in [1.807, 2.05) is 12.3 Å². The second kappa shape index (κ2) is 4.92. The summed E-state index contributed by atoms with van der Waals surface area (Å²) in [5.41, 5.74) is 8.75. The lowest BCUT2D eigenvalue weighted by Gasteiger charge is -2.26. The molecular weight excluding hydrogens is 236 g/mol. The van der Waals surface area contributed by atoms with Crippen LogP contribution < -0.4 is 11.3 Å². The van der Waals surface area contributed by atoms with Crippen molar-refractivity contribution >= 4 is 5.69 Å². The minimum absolute atomic E-state index is 0.0782. The number of nitrogens with two attached hydrogens (primary N) is 1. The number of fused-ring (bicyclic) bond motifs is 1. The van der Waals surface area contributed by atoms with Crippen molar-refractivity contribution in [3.05, 3.63) is 64.1 Å². The Morgan fingerprint density at radius 2 is 2.05 bits per heavy atom. The highest BCUT2D eigenvalue weighted by Gasteiger charge is 2.20. The van der Waals surface area contributed by atoms with Crippen molar-refractivity contribution in [3.63, 3.8) is 0 Å². The van der Waals surface area contributed by atoms with Gasteiger partial charge < -0.3 is 10.3 Å². The molecule has 0 saturated carbocycles. The summed E-state index contributed by atoms with van der Waals surface area (Å²) in [7, 11) is 0. The number of benzene rings is 1. The Balaban J connectivity index is 1.93. The van der Waals surface area contributed by atoms with E-state index in [9.17, 15) is 4.79 Å². The van der Waals surface area contributed by atoms with Gasteiger partial charge in [0.1, 0.15) is 0 Å². The second-order valence-electron chi connectivity index (χ2n) is 5.21. The number of hydrogen-bond donors (Lipinski definition) is 1. The number of rotatable bonds is 2. The SMILES string of the molecule is Nc1cccn(CC2CCCc3ccccc32)c1=O. The maximum absolute atomic E-state index is 12.0. The highest BCUT2D eigenvalue weighted by atomic mass is 16.1. The van der Waals surface area contributed by atoms with Crippen LogP contribution in [0.25, 0.3) is 0 Å². The van der Waals surface area contributed by atoms with Gasteiger partial charge in [-0.3, -0.25) is 4.79 Å². The molecular formula is C16H18N2O. The molecule has 1 atom stereocenters. The topological polar surface area (TPSA) is 48.0 Å². The fourth-order valence-electron chi connectivity index (χ4n) is 2.98. The lowest BCUT2D eigenvalue weighted by atomic mass is 9.83. The first-order valence-electron chi connectivity index (χ1n) is 6.78. The molecule has 2 aromatic rings. The van der Waals surface area contributed by atoms with Crippen molar-refractivity contribution in [2.24, 2.45) is 0 Å². The van der Waals surface area contributed by atoms with Crippen LogP contribution in [0.4, 0.5) is 5.69 Å². The van der Waals surface area contributed by atoms with Crippen LogP contribution in [0.3, 0.4) is 0 Å². The third kappa shape index (κ3) is 2.28. The third-order valence-corrected chi connectivity index (χ3v) is 3.96. The van der Waals surface area contributed by atoms with E-state index in [2.05, 4.69) is 24.3 Å². The quantitative estimate of drug-likeness (QED) is 0.895. The maximum atomic E-state index is 12.0. The number of hydrogen-bond acceptors (Lipinski definition) is 2. The van der Waals surface area contributed by atoms with Gasteiger partial charge in [-0.05, 0) is 42.5 Å². The Labute approximate surface area is 112 Å².